The van der Waals surface area contributed by atoms with Crippen LogP contribution in [0.4, 0.5) is 0 Å². The van der Waals surface area contributed by atoms with Gasteiger partial charge in [-0.1, -0.05) is 156 Å². The lowest BCUT2D eigenvalue weighted by molar-refractivity contribution is 0.511. The van der Waals surface area contributed by atoms with Crippen LogP contribution in [-0.2, 0) is 22.8 Å². The van der Waals surface area contributed by atoms with Crippen molar-refractivity contribution in [2.75, 3.05) is 0 Å². The molecule has 0 saturated heterocycles. The summed E-state index contributed by atoms with van der Waals surface area (Å²) in [6, 6.07) is 49.1. The summed E-state index contributed by atoms with van der Waals surface area (Å²) in [6.45, 7) is 8.55. The Morgan fingerprint density at radius 1 is 0.500 bits per heavy atom. The molecule has 6 aromatic carbocycles. The molecule has 0 fully saturated rings. The predicted octanol–water partition coefficient (Wildman–Crippen LogP) is 8.50. The maximum atomic E-state index is 16.2. The average molecular weight is 661 g/mol. The second-order valence-electron chi connectivity index (χ2n) is 14.0. The molecule has 2 aliphatic carbocycles. The van der Waals surface area contributed by atoms with Gasteiger partial charge in [-0.2, -0.15) is 0 Å². The second-order valence-corrected chi connectivity index (χ2v) is 18.9. The third kappa shape index (κ3) is 5.06. The van der Waals surface area contributed by atoms with E-state index in [1.54, 1.807) is 0 Å². The fraction of sp³-hybridized carbons (Fsp3) is 0.200. The molecule has 48 heavy (non-hydrogen) atoms. The number of aryl methyl sites for hydroxylation is 6. The molecule has 238 valence electrons. The number of benzene rings is 6. The maximum Gasteiger partial charge on any atom is 0.171 e. The highest BCUT2D eigenvalue weighted by molar-refractivity contribution is 7.85. The van der Waals surface area contributed by atoms with Crippen molar-refractivity contribution >= 4 is 46.9 Å². The Kier molecular flexibility index (Phi) is 7.91. The van der Waals surface area contributed by atoms with E-state index in [4.69, 9.17) is 0 Å². The highest BCUT2D eigenvalue weighted by Crippen LogP contribution is 2.57. The zero-order chi connectivity index (χ0) is 33.0. The number of rotatable bonds is 6. The first-order valence-corrected chi connectivity index (χ1v) is 20.3. The standard InChI is InChI=1S/C45H42OP2/c1-31-11-19-37(20-12-31)47(38-21-13-32(2)14-22-38)41-9-5-7-35-27-29-45(43(35)41)30-28-36-8-6-10-42(44(36)45)48(46,39-23-15-33(3)16-24-39)40-25-17-34(4)18-26-40/h5-26H,27-30H2,1-4H3. The molecule has 0 aromatic heterocycles. The van der Waals surface area contributed by atoms with E-state index in [2.05, 4.69) is 161 Å². The molecule has 0 heterocycles. The molecule has 6 aromatic rings. The van der Waals surface area contributed by atoms with Crippen molar-refractivity contribution in [1.29, 1.82) is 0 Å². The van der Waals surface area contributed by atoms with Gasteiger partial charge in [0.15, 0.2) is 7.14 Å². The third-order valence-electron chi connectivity index (χ3n) is 10.8. The lowest BCUT2D eigenvalue weighted by Gasteiger charge is -2.35. The van der Waals surface area contributed by atoms with E-state index in [1.165, 1.54) is 60.4 Å². The van der Waals surface area contributed by atoms with E-state index >= 15 is 4.57 Å². The van der Waals surface area contributed by atoms with Gasteiger partial charge in [-0.05, 0) is 99.5 Å². The van der Waals surface area contributed by atoms with Crippen LogP contribution in [0, 0.1) is 27.7 Å². The molecule has 0 bridgehead atoms. The van der Waals surface area contributed by atoms with Crippen molar-refractivity contribution in [3.05, 3.63) is 178 Å². The molecule has 1 spiro atoms. The van der Waals surface area contributed by atoms with Crippen molar-refractivity contribution in [2.24, 2.45) is 0 Å². The lowest BCUT2D eigenvalue weighted by Crippen LogP contribution is -2.37. The first-order chi connectivity index (χ1) is 23.3. The van der Waals surface area contributed by atoms with Crippen molar-refractivity contribution in [3.8, 4) is 0 Å². The van der Waals surface area contributed by atoms with Gasteiger partial charge in [-0.3, -0.25) is 0 Å². The van der Waals surface area contributed by atoms with E-state index in [9.17, 15) is 0 Å². The van der Waals surface area contributed by atoms with E-state index in [0.717, 1.165) is 41.6 Å². The fourth-order valence-corrected chi connectivity index (χ4v) is 13.9. The van der Waals surface area contributed by atoms with Crippen LogP contribution in [0.25, 0.3) is 0 Å². The van der Waals surface area contributed by atoms with E-state index < -0.39 is 15.1 Å². The molecule has 0 saturated carbocycles. The van der Waals surface area contributed by atoms with E-state index in [-0.39, 0.29) is 5.41 Å². The van der Waals surface area contributed by atoms with Gasteiger partial charge in [0.05, 0.1) is 0 Å². The maximum absolute atomic E-state index is 16.2. The zero-order valence-electron chi connectivity index (χ0n) is 28.3. The van der Waals surface area contributed by atoms with Crippen LogP contribution in [0.15, 0.2) is 133 Å². The van der Waals surface area contributed by atoms with Crippen LogP contribution in [0.2, 0.25) is 0 Å². The molecule has 3 heteroatoms. The van der Waals surface area contributed by atoms with Gasteiger partial charge in [0.25, 0.3) is 0 Å². The van der Waals surface area contributed by atoms with Crippen LogP contribution < -0.4 is 31.8 Å². The van der Waals surface area contributed by atoms with Gasteiger partial charge in [0.2, 0.25) is 0 Å². The van der Waals surface area contributed by atoms with Gasteiger partial charge >= 0.3 is 0 Å². The highest BCUT2D eigenvalue weighted by Gasteiger charge is 2.50. The summed E-state index contributed by atoms with van der Waals surface area (Å²) in [5, 5.41) is 7.08. The number of fused-ring (bicyclic) bond motifs is 4. The third-order valence-corrected chi connectivity index (χ3v) is 16.4. The first-order valence-electron chi connectivity index (χ1n) is 17.2. The normalized spacial score (nSPS) is 16.8. The fourth-order valence-electron chi connectivity index (χ4n) is 8.34. The molecular formula is C45H42OP2. The Bertz CT molecular complexity index is 2080. The SMILES string of the molecule is Cc1ccc(P(c2ccc(C)cc2)c2cccc3c2C2(CC3)CCc3cccc(P(=O)(c4ccc(C)cc4)c4ccc(C)cc4)c32)cc1. The summed E-state index contributed by atoms with van der Waals surface area (Å²) in [7, 11) is -4.02. The molecule has 2 aliphatic rings. The van der Waals surface area contributed by atoms with Crippen molar-refractivity contribution in [3.63, 3.8) is 0 Å². The largest absolute Gasteiger partial charge is 0.309 e. The summed E-state index contributed by atoms with van der Waals surface area (Å²) in [5.41, 5.74) is 10.4. The van der Waals surface area contributed by atoms with Gasteiger partial charge < -0.3 is 4.57 Å². The second kappa shape index (κ2) is 12.1. The molecule has 1 unspecified atom stereocenters. The van der Waals surface area contributed by atoms with Crippen LogP contribution in [0.5, 0.6) is 0 Å². The predicted molar refractivity (Wildman–Crippen MR) is 207 cm³/mol. The van der Waals surface area contributed by atoms with Crippen molar-refractivity contribution in [2.45, 2.75) is 58.8 Å². The molecule has 1 nitrogen and oxygen atoms in total. The van der Waals surface area contributed by atoms with Gasteiger partial charge in [-0.25, -0.2) is 0 Å². The topological polar surface area (TPSA) is 17.1 Å². The zero-order valence-corrected chi connectivity index (χ0v) is 30.1. The smallest absolute Gasteiger partial charge is 0.171 e. The highest BCUT2D eigenvalue weighted by atomic mass is 31.2. The Labute approximate surface area is 287 Å². The van der Waals surface area contributed by atoms with Crippen LogP contribution in [-0.4, -0.2) is 0 Å². The summed E-state index contributed by atoms with van der Waals surface area (Å²) in [5.74, 6) is 0. The Balaban J connectivity index is 1.39. The molecule has 0 radical (unpaired) electrons. The minimum Gasteiger partial charge on any atom is -0.309 e. The monoisotopic (exact) mass is 660 g/mol. The lowest BCUT2D eigenvalue weighted by atomic mass is 9.76. The first kappa shape index (κ1) is 31.3. The summed E-state index contributed by atoms with van der Waals surface area (Å²) in [4.78, 5) is 0. The van der Waals surface area contributed by atoms with Gasteiger partial charge in [0.1, 0.15) is 0 Å². The summed E-state index contributed by atoms with van der Waals surface area (Å²) < 4.78 is 16.2. The average Bonchev–Trinajstić information content (AvgIpc) is 3.68. The summed E-state index contributed by atoms with van der Waals surface area (Å²) >= 11 is 0. The van der Waals surface area contributed by atoms with Crippen molar-refractivity contribution in [1.82, 2.24) is 0 Å². The molecular weight excluding hydrogens is 618 g/mol. The number of hydrogen-bond acceptors (Lipinski definition) is 1. The van der Waals surface area contributed by atoms with E-state index in [0.29, 0.717) is 0 Å². The molecule has 0 amide bonds. The van der Waals surface area contributed by atoms with Gasteiger partial charge in [-0.15, -0.1) is 0 Å². The van der Waals surface area contributed by atoms with Crippen LogP contribution in [0.3, 0.4) is 0 Å². The molecule has 1 atom stereocenters. The Morgan fingerprint density at radius 3 is 1.40 bits per heavy atom. The Morgan fingerprint density at radius 2 is 0.917 bits per heavy atom. The minimum absolute atomic E-state index is 0.182. The Hall–Kier alpha value is -4.02. The van der Waals surface area contributed by atoms with Crippen molar-refractivity contribution < 1.29 is 4.57 Å². The minimum atomic E-state index is -3.21. The quantitative estimate of drug-likeness (QED) is 0.164. The number of hydrogen-bond donors (Lipinski definition) is 0. The van der Waals surface area contributed by atoms with Gasteiger partial charge in [0, 0.05) is 21.3 Å². The summed E-state index contributed by atoms with van der Waals surface area (Å²) in [6.07, 6.45) is 4.15. The molecule has 0 aliphatic heterocycles. The molecule has 0 N–H and O–H groups in total. The van der Waals surface area contributed by atoms with Crippen LogP contribution in [0.1, 0.15) is 57.3 Å². The van der Waals surface area contributed by atoms with Crippen LogP contribution >= 0.6 is 15.1 Å². The molecule has 8 rings (SSSR count). The van der Waals surface area contributed by atoms with E-state index in [1.807, 2.05) is 0 Å².